The van der Waals surface area contributed by atoms with Crippen LogP contribution in [0.2, 0.25) is 0 Å². The largest absolute Gasteiger partial charge is 0.354 e. The van der Waals surface area contributed by atoms with E-state index in [4.69, 9.17) is 0 Å². The molecule has 2 atom stereocenters. The van der Waals surface area contributed by atoms with Crippen molar-refractivity contribution in [1.29, 1.82) is 0 Å². The zero-order valence-electron chi connectivity index (χ0n) is 13.7. The number of H-pyrrole nitrogens is 1. The van der Waals surface area contributed by atoms with Gasteiger partial charge in [0, 0.05) is 25.0 Å². The van der Waals surface area contributed by atoms with Gasteiger partial charge in [-0.25, -0.2) is 4.79 Å². The van der Waals surface area contributed by atoms with Crippen molar-refractivity contribution in [2.75, 3.05) is 20.1 Å². The monoisotopic (exact) mass is 316 g/mol. The van der Waals surface area contributed by atoms with Crippen molar-refractivity contribution >= 4 is 16.9 Å². The molecule has 124 valence electrons. The molecule has 0 aliphatic carbocycles. The van der Waals surface area contributed by atoms with E-state index in [9.17, 15) is 9.59 Å². The van der Waals surface area contributed by atoms with Crippen LogP contribution >= 0.6 is 0 Å². The first-order valence-corrected chi connectivity index (χ1v) is 8.22. The van der Waals surface area contributed by atoms with Crippen molar-refractivity contribution in [1.82, 2.24) is 19.8 Å². The Hall–Kier alpha value is -2.08. The van der Waals surface area contributed by atoms with Gasteiger partial charge in [0.25, 0.3) is 0 Å². The summed E-state index contributed by atoms with van der Waals surface area (Å²) in [5, 5.41) is 2.99. The molecule has 2 aromatic rings. The van der Waals surface area contributed by atoms with Crippen LogP contribution in [0.1, 0.15) is 19.8 Å². The van der Waals surface area contributed by atoms with Gasteiger partial charge in [-0.15, -0.1) is 0 Å². The molecule has 23 heavy (non-hydrogen) atoms. The van der Waals surface area contributed by atoms with Crippen LogP contribution in [0.3, 0.4) is 0 Å². The Morgan fingerprint density at radius 2 is 2.17 bits per heavy atom. The summed E-state index contributed by atoms with van der Waals surface area (Å²) in [5.41, 5.74) is 1.57. The van der Waals surface area contributed by atoms with Gasteiger partial charge in [0.05, 0.1) is 11.0 Å². The number of likely N-dealkylation sites (tertiary alicyclic amines) is 1. The van der Waals surface area contributed by atoms with E-state index >= 15 is 0 Å². The second kappa shape index (κ2) is 6.58. The Bertz CT molecular complexity index is 748. The fourth-order valence-electron chi connectivity index (χ4n) is 3.29. The van der Waals surface area contributed by atoms with Gasteiger partial charge in [-0.05, 0) is 45.5 Å². The van der Waals surface area contributed by atoms with E-state index in [1.165, 1.54) is 0 Å². The van der Waals surface area contributed by atoms with Crippen LogP contribution in [0, 0.1) is 5.92 Å². The number of aromatic nitrogens is 2. The predicted molar refractivity (Wildman–Crippen MR) is 90.4 cm³/mol. The van der Waals surface area contributed by atoms with Gasteiger partial charge in [-0.1, -0.05) is 12.1 Å². The Morgan fingerprint density at radius 1 is 1.39 bits per heavy atom. The summed E-state index contributed by atoms with van der Waals surface area (Å²) < 4.78 is 1.67. The molecule has 0 bridgehead atoms. The molecule has 1 aliphatic heterocycles. The van der Waals surface area contributed by atoms with Gasteiger partial charge in [0.1, 0.15) is 0 Å². The number of hydrogen-bond donors (Lipinski definition) is 2. The first-order valence-electron chi connectivity index (χ1n) is 8.22. The summed E-state index contributed by atoms with van der Waals surface area (Å²) in [7, 11) is 2.10. The van der Waals surface area contributed by atoms with Crippen LogP contribution in [-0.2, 0) is 11.3 Å². The highest BCUT2D eigenvalue weighted by molar-refractivity contribution is 5.79. The highest BCUT2D eigenvalue weighted by atomic mass is 16.2. The van der Waals surface area contributed by atoms with Crippen LogP contribution in [0.15, 0.2) is 29.1 Å². The van der Waals surface area contributed by atoms with Gasteiger partial charge < -0.3 is 15.2 Å². The highest BCUT2D eigenvalue weighted by Crippen LogP contribution is 2.21. The van der Waals surface area contributed by atoms with Crippen molar-refractivity contribution in [3.05, 3.63) is 34.7 Å². The number of carbonyl (C=O) groups excluding carboxylic acids is 1. The molecule has 1 fully saturated rings. The summed E-state index contributed by atoms with van der Waals surface area (Å²) in [4.78, 5) is 29.4. The number of benzene rings is 1. The Kier molecular flexibility index (Phi) is 4.52. The van der Waals surface area contributed by atoms with Gasteiger partial charge >= 0.3 is 5.69 Å². The molecule has 1 aromatic carbocycles. The zero-order valence-corrected chi connectivity index (χ0v) is 13.7. The summed E-state index contributed by atoms with van der Waals surface area (Å²) >= 11 is 0. The molecule has 0 radical (unpaired) electrons. The van der Waals surface area contributed by atoms with Crippen molar-refractivity contribution in [2.24, 2.45) is 5.92 Å². The fourth-order valence-corrected chi connectivity index (χ4v) is 3.29. The molecule has 2 heterocycles. The van der Waals surface area contributed by atoms with Crippen LogP contribution < -0.4 is 11.0 Å². The number of nitrogens with zero attached hydrogens (tertiary/aromatic N) is 2. The summed E-state index contributed by atoms with van der Waals surface area (Å²) in [6.07, 6.45) is 1.80. The second-order valence-electron chi connectivity index (χ2n) is 6.44. The number of nitrogens with one attached hydrogen (secondary N) is 2. The lowest BCUT2D eigenvalue weighted by atomic mass is 9.91. The third-order valence-corrected chi connectivity index (χ3v) is 4.90. The average molecular weight is 316 g/mol. The van der Waals surface area contributed by atoms with E-state index in [0.29, 0.717) is 19.1 Å². The number of piperidine rings is 1. The van der Waals surface area contributed by atoms with Gasteiger partial charge in [-0.3, -0.25) is 9.36 Å². The molecule has 1 saturated heterocycles. The minimum atomic E-state index is -0.131. The molecule has 0 spiro atoms. The number of para-hydroxylation sites is 2. The van der Waals surface area contributed by atoms with E-state index in [2.05, 4.69) is 29.2 Å². The maximum Gasteiger partial charge on any atom is 0.326 e. The van der Waals surface area contributed by atoms with Crippen LogP contribution in [0.5, 0.6) is 0 Å². The first kappa shape index (κ1) is 15.8. The highest BCUT2D eigenvalue weighted by Gasteiger charge is 2.27. The molecule has 0 unspecified atom stereocenters. The van der Waals surface area contributed by atoms with E-state index in [1.54, 1.807) is 4.57 Å². The van der Waals surface area contributed by atoms with Crippen molar-refractivity contribution in [3.63, 3.8) is 0 Å². The van der Waals surface area contributed by atoms with E-state index in [-0.39, 0.29) is 17.5 Å². The molecule has 2 N–H and O–H groups in total. The van der Waals surface area contributed by atoms with Crippen molar-refractivity contribution in [3.8, 4) is 0 Å². The molecular formula is C17H24N4O2. The van der Waals surface area contributed by atoms with Crippen molar-refractivity contribution in [2.45, 2.75) is 32.4 Å². The average Bonchev–Trinajstić information content (AvgIpc) is 2.86. The number of rotatable bonds is 4. The lowest BCUT2D eigenvalue weighted by Crippen LogP contribution is -2.44. The number of fused-ring (bicyclic) bond motifs is 1. The molecule has 1 amide bonds. The lowest BCUT2D eigenvalue weighted by Gasteiger charge is -2.34. The second-order valence-corrected chi connectivity index (χ2v) is 6.44. The van der Waals surface area contributed by atoms with E-state index in [0.717, 1.165) is 30.4 Å². The smallest absolute Gasteiger partial charge is 0.326 e. The number of imidazole rings is 1. The molecule has 1 aromatic heterocycles. The molecule has 0 saturated carbocycles. The topological polar surface area (TPSA) is 70.1 Å². The minimum absolute atomic E-state index is 0.0842. The quantitative estimate of drug-likeness (QED) is 0.890. The summed E-state index contributed by atoms with van der Waals surface area (Å²) in [5.74, 6) is 0.193. The standard InChI is InChI=1S/C17H24N4O2/c1-12-11-13(7-9-20(12)2)16(22)18-8-10-21-15-6-4-3-5-14(15)19-17(21)23/h3-6,12-13H,7-11H2,1-2H3,(H,18,22)(H,19,23)/t12-,13-/m0/s1. The SMILES string of the molecule is C[C@H]1C[C@@H](C(=O)NCCn2c(=O)[nH]c3ccccc32)CCN1C. The summed E-state index contributed by atoms with van der Waals surface area (Å²) in [6, 6.07) is 8.03. The van der Waals surface area contributed by atoms with Gasteiger partial charge in [0.2, 0.25) is 5.91 Å². The van der Waals surface area contributed by atoms with Gasteiger partial charge in [-0.2, -0.15) is 0 Å². The zero-order chi connectivity index (χ0) is 16.4. The van der Waals surface area contributed by atoms with Gasteiger partial charge in [0.15, 0.2) is 0 Å². The predicted octanol–water partition coefficient (Wildman–Crippen LogP) is 1.18. The normalized spacial score (nSPS) is 22.3. The summed E-state index contributed by atoms with van der Waals surface area (Å²) in [6.45, 7) is 4.07. The third-order valence-electron chi connectivity index (χ3n) is 4.90. The number of aromatic amines is 1. The third kappa shape index (κ3) is 3.32. The minimum Gasteiger partial charge on any atom is -0.354 e. The maximum absolute atomic E-state index is 12.3. The van der Waals surface area contributed by atoms with Crippen molar-refractivity contribution < 1.29 is 4.79 Å². The van der Waals surface area contributed by atoms with Crippen LogP contribution in [0.25, 0.3) is 11.0 Å². The Morgan fingerprint density at radius 3 is 2.96 bits per heavy atom. The Labute approximate surface area is 135 Å². The van der Waals surface area contributed by atoms with E-state index in [1.807, 2.05) is 24.3 Å². The number of hydrogen-bond acceptors (Lipinski definition) is 3. The molecular weight excluding hydrogens is 292 g/mol. The number of amides is 1. The Balaban J connectivity index is 1.58. The number of carbonyl (C=O) groups is 1. The molecule has 6 nitrogen and oxygen atoms in total. The molecule has 6 heteroatoms. The molecule has 1 aliphatic rings. The maximum atomic E-state index is 12.3. The van der Waals surface area contributed by atoms with Crippen LogP contribution in [0.4, 0.5) is 0 Å². The fraction of sp³-hybridized carbons (Fsp3) is 0.529. The first-order chi connectivity index (χ1) is 11.1. The van der Waals surface area contributed by atoms with Crippen LogP contribution in [-0.4, -0.2) is 46.5 Å². The lowest BCUT2D eigenvalue weighted by molar-refractivity contribution is -0.126. The molecule has 3 rings (SSSR count). The van der Waals surface area contributed by atoms with E-state index < -0.39 is 0 Å².